The van der Waals surface area contributed by atoms with Gasteiger partial charge in [0.15, 0.2) is 5.70 Å². The Balaban J connectivity index is 0.000000521. The molecule has 1 unspecified atom stereocenters. The second kappa shape index (κ2) is 21.1. The van der Waals surface area contributed by atoms with Gasteiger partial charge in [-0.2, -0.15) is 10.2 Å². The van der Waals surface area contributed by atoms with E-state index in [9.17, 15) is 47.2 Å². The molecule has 0 aromatic heterocycles. The number of sulfonamides is 1. The van der Waals surface area contributed by atoms with Crippen LogP contribution in [0.1, 0.15) is 13.8 Å². The van der Waals surface area contributed by atoms with Gasteiger partial charge in [-0.05, 0) is 55.5 Å². The minimum absolute atomic E-state index is 0. The van der Waals surface area contributed by atoms with Gasteiger partial charge in [-0.15, -0.1) is 16.0 Å². The van der Waals surface area contributed by atoms with Gasteiger partial charge < -0.3 is 35.6 Å². The molecule has 22 heteroatoms. The number of primary sulfonamides is 1. The van der Waals surface area contributed by atoms with Crippen molar-refractivity contribution in [3.8, 4) is 11.5 Å². The summed E-state index contributed by atoms with van der Waals surface area (Å²) in [5.41, 5.74) is -0.862. The van der Waals surface area contributed by atoms with Crippen LogP contribution in [0.25, 0.3) is 0 Å². The summed E-state index contributed by atoms with van der Waals surface area (Å²) in [7, 11) is -8.33. The molecule has 18 nitrogen and oxygen atoms in total. The van der Waals surface area contributed by atoms with Crippen LogP contribution in [0.15, 0.2) is 150 Å². The average molecular weight is 824 g/mol. The number of rotatable bonds is 10. The van der Waals surface area contributed by atoms with Crippen LogP contribution in [0.5, 0.6) is 11.5 Å². The van der Waals surface area contributed by atoms with Gasteiger partial charge in [0.25, 0.3) is 11.8 Å². The summed E-state index contributed by atoms with van der Waals surface area (Å²) in [6.45, 7) is 2.32. The van der Waals surface area contributed by atoms with Gasteiger partial charge in [-0.3, -0.25) is 18.6 Å². The number of aliphatic hydroxyl groups excluding tert-OH is 1. The van der Waals surface area contributed by atoms with Gasteiger partial charge in [0.1, 0.15) is 11.5 Å². The summed E-state index contributed by atoms with van der Waals surface area (Å²) in [5, 5.41) is 69.0. The number of hydrogen-bond acceptors (Lipinski definition) is 15. The Morgan fingerprint density at radius 3 is 1.50 bits per heavy atom. The molecule has 0 bridgehead atoms. The summed E-state index contributed by atoms with van der Waals surface area (Å²) in [5.74, 6) is -4.01. The number of hydrogen-bond donors (Lipinski definition) is 5. The number of anilines is 2. The number of carbonyl (C=O) groups excluding carboxylic acids is 2. The van der Waals surface area contributed by atoms with Crippen molar-refractivity contribution in [2.45, 2.75) is 23.6 Å². The fraction of sp³-hybridized carbons (Fsp3) is 0.0625. The fourth-order valence-corrected chi connectivity index (χ4v) is 4.73. The van der Waals surface area contributed by atoms with Gasteiger partial charge in [-0.1, -0.05) is 67.0 Å². The van der Waals surface area contributed by atoms with Crippen LogP contribution in [0.2, 0.25) is 0 Å². The summed E-state index contributed by atoms with van der Waals surface area (Å²) >= 11 is 0. The van der Waals surface area contributed by atoms with E-state index in [2.05, 4.69) is 31.1 Å². The molecule has 0 heterocycles. The summed E-state index contributed by atoms with van der Waals surface area (Å²) in [6.07, 6.45) is 0. The van der Waals surface area contributed by atoms with Crippen LogP contribution in [0, 0.1) is 4.78 Å². The molecule has 0 saturated carbocycles. The van der Waals surface area contributed by atoms with E-state index in [0.29, 0.717) is 11.4 Å². The molecule has 0 saturated heterocycles. The predicted molar refractivity (Wildman–Crippen MR) is 180 cm³/mol. The number of nitrogens with one attached hydrogen (secondary N) is 3. The van der Waals surface area contributed by atoms with E-state index >= 15 is 0 Å². The average Bonchev–Trinajstić information content (AvgIpc) is 3.06. The topological polar surface area (TPSA) is 321 Å². The number of aliphatic hydroxyl groups is 1. The molecular formula is C32H28CrN8NaO10S2. The van der Waals surface area contributed by atoms with Crippen LogP contribution in [-0.4, -0.2) is 34.1 Å². The second-order valence-corrected chi connectivity index (χ2v) is 13.2. The molecule has 275 valence electrons. The van der Waals surface area contributed by atoms with Crippen molar-refractivity contribution in [2.75, 3.05) is 10.6 Å². The molecule has 6 N–H and O–H groups in total. The van der Waals surface area contributed by atoms with E-state index in [-0.39, 0.29) is 57.5 Å². The maximum Gasteiger partial charge on any atom is 3.00 e. The molecular weight excluding hydrogens is 796 g/mol. The Morgan fingerprint density at radius 1 is 0.722 bits per heavy atom. The molecule has 4 aromatic carbocycles. The van der Waals surface area contributed by atoms with Gasteiger partial charge in [0.05, 0.1) is 16.3 Å². The normalized spacial score (nSPS) is 13.1. The number of para-hydroxylation sites is 2. The van der Waals surface area contributed by atoms with Gasteiger partial charge >= 0.3 is 46.9 Å². The molecule has 2 amide bonds. The quantitative estimate of drug-likeness (QED) is 0.0639. The molecule has 0 aliphatic heterocycles. The van der Waals surface area contributed by atoms with E-state index in [0.717, 1.165) is 43.3 Å². The first-order valence-corrected chi connectivity index (χ1v) is 17.4. The van der Waals surface area contributed by atoms with Crippen molar-refractivity contribution >= 4 is 54.6 Å². The Kier molecular flexibility index (Phi) is 18.4. The Hall–Kier alpha value is -4.95. The number of benzene rings is 4. The molecule has 1 atom stereocenters. The predicted octanol–water partition coefficient (Wildman–Crippen LogP) is 0.531. The van der Waals surface area contributed by atoms with Gasteiger partial charge in [-0.25, -0.2) is 13.6 Å². The van der Waals surface area contributed by atoms with Crippen molar-refractivity contribution in [1.82, 2.24) is 0 Å². The maximum atomic E-state index is 12.2. The molecule has 4 aromatic rings. The molecule has 0 aliphatic rings. The number of nitrogens with two attached hydrogens (primary N) is 1. The van der Waals surface area contributed by atoms with E-state index in [4.69, 9.17) is 9.92 Å². The number of allylic oxidation sites excluding steroid dienone is 2. The largest absolute Gasteiger partial charge is 3.00 e. The number of nitrogens with zero attached hydrogens (tertiary/aromatic N) is 4. The van der Waals surface area contributed by atoms with Crippen LogP contribution >= 0.6 is 0 Å². The maximum absolute atomic E-state index is 12.2. The third-order valence-electron chi connectivity index (χ3n) is 6.18. The third-order valence-corrected chi connectivity index (χ3v) is 7.97. The Bertz CT molecular complexity index is 2140. The van der Waals surface area contributed by atoms with E-state index in [1.807, 2.05) is 0 Å². The zero-order valence-electron chi connectivity index (χ0n) is 28.5. The molecule has 0 spiro atoms. The van der Waals surface area contributed by atoms with Crippen molar-refractivity contribution < 1.29 is 94.1 Å². The first kappa shape index (κ1) is 47.1. The Labute approximate surface area is 342 Å². The summed E-state index contributed by atoms with van der Waals surface area (Å²) in [6, 6.07) is 22.4. The van der Waals surface area contributed by atoms with E-state index in [1.165, 1.54) is 6.92 Å². The van der Waals surface area contributed by atoms with E-state index < -0.39 is 76.8 Å². The first-order valence-electron chi connectivity index (χ1n) is 14.4. The number of azo groups is 2. The van der Waals surface area contributed by atoms with Crippen molar-refractivity contribution in [1.29, 1.82) is 4.78 Å². The minimum atomic E-state index is -4.30. The van der Waals surface area contributed by atoms with E-state index in [1.54, 1.807) is 60.7 Å². The third kappa shape index (κ3) is 14.5. The smallest absolute Gasteiger partial charge is 0.874 e. The Morgan fingerprint density at radius 2 is 1.11 bits per heavy atom. The zero-order chi connectivity index (χ0) is 38.6. The molecule has 1 radical (unpaired) electrons. The molecule has 0 aliphatic carbocycles. The first-order chi connectivity index (χ1) is 24.4. The molecule has 54 heavy (non-hydrogen) atoms. The van der Waals surface area contributed by atoms with Gasteiger partial charge in [0, 0.05) is 26.3 Å². The van der Waals surface area contributed by atoms with Crippen molar-refractivity contribution in [3.05, 3.63) is 120 Å². The van der Waals surface area contributed by atoms with Gasteiger partial charge in [0.2, 0.25) is 10.0 Å². The summed E-state index contributed by atoms with van der Waals surface area (Å²) < 4.78 is 52.1. The summed E-state index contributed by atoms with van der Waals surface area (Å²) in [4.78, 5) is 23.6. The fourth-order valence-electron chi connectivity index (χ4n) is 3.68. The molecule has 0 fully saturated rings. The minimum Gasteiger partial charge on any atom is -0.874 e. The standard InChI is InChI=1S/2C16H16N4O5S.Cr.Na/c2*1-10(21)15(16(23)18-11-5-3-2-4-6-11)20-19-13-9-12(26(17,24)25)7-8-14(13)22;;/h2*2-9,21-22H,1H3,(H,18,23)(H2,17,24,25);;/q;;+3;+1/p-4. The molecule has 4 rings (SSSR count). The monoisotopic (exact) mass is 823 g/mol. The van der Waals surface area contributed by atoms with Crippen molar-refractivity contribution in [2.24, 2.45) is 25.6 Å². The van der Waals surface area contributed by atoms with Crippen LogP contribution in [0.3, 0.4) is 0 Å². The number of carbonyl (C=O) groups is 2. The van der Waals surface area contributed by atoms with Crippen LogP contribution in [-0.2, 0) is 47.0 Å². The second-order valence-electron chi connectivity index (χ2n) is 10.2. The van der Waals surface area contributed by atoms with Crippen LogP contribution in [0.4, 0.5) is 22.7 Å². The SMILES string of the molecule is CC(O)=C(N=Nc1cc(S(N)(=O)=O)ccc1[O-])C(=O)Nc1ccccc1.CC([O-])=C(N=Nc1cc(S(=N)(=O)[O-])ccc1[O-])C(=O)Nc1ccccc1.[Cr+3].[Na+]. The van der Waals surface area contributed by atoms with Crippen molar-refractivity contribution in [3.63, 3.8) is 0 Å². The zero-order valence-corrected chi connectivity index (χ0v) is 33.4. The number of amides is 2. The van der Waals surface area contributed by atoms with Crippen LogP contribution < -0.4 is 60.6 Å².